The molecular weight excluding hydrogens is 196 g/mol. The third-order valence-electron chi connectivity index (χ3n) is 1.73. The zero-order valence-corrected chi connectivity index (χ0v) is 8.47. The Bertz CT molecular complexity index is 428. The number of rotatable bonds is 3. The van der Waals surface area contributed by atoms with Crippen molar-refractivity contribution < 1.29 is 9.53 Å². The summed E-state index contributed by atoms with van der Waals surface area (Å²) in [6, 6.07) is 1.81. The van der Waals surface area contributed by atoms with Crippen LogP contribution in [0, 0.1) is 11.3 Å². The summed E-state index contributed by atoms with van der Waals surface area (Å²) in [5, 5.41) is 12.3. The van der Waals surface area contributed by atoms with Crippen molar-refractivity contribution in [1.82, 2.24) is 14.8 Å². The average molecular weight is 206 g/mol. The van der Waals surface area contributed by atoms with Crippen molar-refractivity contribution >= 4 is 5.97 Å². The molecule has 0 amide bonds. The zero-order chi connectivity index (χ0) is 11.3. The highest BCUT2D eigenvalue weighted by molar-refractivity contribution is 5.87. The van der Waals surface area contributed by atoms with Crippen molar-refractivity contribution in [1.29, 1.82) is 5.26 Å². The van der Waals surface area contributed by atoms with E-state index in [1.807, 2.05) is 6.07 Å². The van der Waals surface area contributed by atoms with Gasteiger partial charge in [0.25, 0.3) is 5.82 Å². The van der Waals surface area contributed by atoms with Crippen molar-refractivity contribution in [3.63, 3.8) is 0 Å². The molecular formula is C9H10N4O2. The highest BCUT2D eigenvalue weighted by Gasteiger charge is 2.02. The van der Waals surface area contributed by atoms with Gasteiger partial charge in [0, 0.05) is 5.57 Å². The van der Waals surface area contributed by atoms with Gasteiger partial charge in [-0.3, -0.25) is 0 Å². The predicted octanol–water partition coefficient (Wildman–Crippen LogP) is 0.269. The van der Waals surface area contributed by atoms with Crippen LogP contribution in [0.15, 0.2) is 18.0 Å². The van der Waals surface area contributed by atoms with E-state index in [1.165, 1.54) is 18.1 Å². The van der Waals surface area contributed by atoms with E-state index in [1.54, 1.807) is 13.0 Å². The summed E-state index contributed by atoms with van der Waals surface area (Å²) >= 11 is 0. The highest BCUT2D eigenvalue weighted by Crippen LogP contribution is 1.97. The Morgan fingerprint density at radius 2 is 2.53 bits per heavy atom. The van der Waals surface area contributed by atoms with Gasteiger partial charge in [0.15, 0.2) is 0 Å². The molecule has 6 nitrogen and oxygen atoms in total. The molecule has 1 aromatic rings. The van der Waals surface area contributed by atoms with Crippen LogP contribution >= 0.6 is 0 Å². The monoisotopic (exact) mass is 206 g/mol. The van der Waals surface area contributed by atoms with E-state index in [2.05, 4.69) is 14.8 Å². The van der Waals surface area contributed by atoms with Crippen LogP contribution in [0.2, 0.25) is 0 Å². The maximum absolute atomic E-state index is 11.0. The molecule has 15 heavy (non-hydrogen) atoms. The molecule has 6 heteroatoms. The van der Waals surface area contributed by atoms with Crippen molar-refractivity contribution in [2.24, 2.45) is 0 Å². The molecule has 1 rings (SSSR count). The van der Waals surface area contributed by atoms with Gasteiger partial charge in [-0.2, -0.15) is 5.26 Å². The lowest BCUT2D eigenvalue weighted by molar-refractivity contribution is -0.136. The molecule has 0 saturated carbocycles. The lowest BCUT2D eigenvalue weighted by Gasteiger charge is -1.98. The Balaban J connectivity index is 2.64. The number of nitriles is 1. The van der Waals surface area contributed by atoms with E-state index in [0.717, 1.165) is 0 Å². The van der Waals surface area contributed by atoms with Gasteiger partial charge in [0.1, 0.15) is 12.4 Å². The number of hydrogen-bond acceptors (Lipinski definition) is 5. The first-order valence-electron chi connectivity index (χ1n) is 4.22. The van der Waals surface area contributed by atoms with E-state index >= 15 is 0 Å². The van der Waals surface area contributed by atoms with Crippen LogP contribution < -0.4 is 0 Å². The standard InChI is InChI=1S/C9H10N4O2/c1-7(9(14)15-2)3-4-13-6-11-8(5-10)12-13/h3,6H,4H2,1-2H3. The summed E-state index contributed by atoms with van der Waals surface area (Å²) in [4.78, 5) is 14.7. The van der Waals surface area contributed by atoms with Gasteiger partial charge in [-0.05, 0) is 6.92 Å². The van der Waals surface area contributed by atoms with E-state index in [9.17, 15) is 4.79 Å². The molecule has 0 unspecified atom stereocenters. The van der Waals surface area contributed by atoms with Gasteiger partial charge in [0.05, 0.1) is 13.7 Å². The van der Waals surface area contributed by atoms with Crippen LogP contribution in [0.4, 0.5) is 0 Å². The van der Waals surface area contributed by atoms with Gasteiger partial charge in [0.2, 0.25) is 0 Å². The number of methoxy groups -OCH3 is 1. The van der Waals surface area contributed by atoms with E-state index in [0.29, 0.717) is 12.1 Å². The Hall–Kier alpha value is -2.16. The lowest BCUT2D eigenvalue weighted by atomic mass is 10.3. The summed E-state index contributed by atoms with van der Waals surface area (Å²) in [5.74, 6) is -0.269. The molecule has 1 heterocycles. The lowest BCUT2D eigenvalue weighted by Crippen LogP contribution is -2.04. The van der Waals surface area contributed by atoms with E-state index < -0.39 is 0 Å². The molecule has 1 aromatic heterocycles. The predicted molar refractivity (Wildman–Crippen MR) is 50.5 cm³/mol. The van der Waals surface area contributed by atoms with Crippen LogP contribution in [-0.2, 0) is 16.1 Å². The molecule has 0 atom stereocenters. The van der Waals surface area contributed by atoms with Crippen molar-refractivity contribution in [2.45, 2.75) is 13.5 Å². The number of hydrogen-bond donors (Lipinski definition) is 0. The van der Waals surface area contributed by atoms with E-state index in [-0.39, 0.29) is 11.8 Å². The van der Waals surface area contributed by atoms with Gasteiger partial charge >= 0.3 is 5.97 Å². The van der Waals surface area contributed by atoms with Gasteiger partial charge in [-0.15, -0.1) is 5.10 Å². The Labute approximate surface area is 86.8 Å². The highest BCUT2D eigenvalue weighted by atomic mass is 16.5. The third-order valence-corrected chi connectivity index (χ3v) is 1.73. The maximum atomic E-state index is 11.0. The van der Waals surface area contributed by atoms with Gasteiger partial charge in [-0.1, -0.05) is 6.08 Å². The Morgan fingerprint density at radius 3 is 3.07 bits per heavy atom. The molecule has 0 aliphatic rings. The minimum Gasteiger partial charge on any atom is -0.466 e. The zero-order valence-electron chi connectivity index (χ0n) is 8.47. The third kappa shape index (κ3) is 2.91. The molecule has 0 bridgehead atoms. The Kier molecular flexibility index (Phi) is 3.57. The quantitative estimate of drug-likeness (QED) is 0.523. The summed E-state index contributed by atoms with van der Waals surface area (Å²) in [5.41, 5.74) is 0.492. The molecule has 0 spiro atoms. The smallest absolute Gasteiger partial charge is 0.333 e. The van der Waals surface area contributed by atoms with Crippen molar-refractivity contribution in [2.75, 3.05) is 7.11 Å². The van der Waals surface area contributed by atoms with E-state index in [4.69, 9.17) is 5.26 Å². The summed E-state index contributed by atoms with van der Waals surface area (Å²) in [7, 11) is 1.32. The van der Waals surface area contributed by atoms with Gasteiger partial charge < -0.3 is 4.74 Å². The normalized spacial score (nSPS) is 10.9. The maximum Gasteiger partial charge on any atom is 0.333 e. The van der Waals surface area contributed by atoms with Crippen LogP contribution in [0.3, 0.4) is 0 Å². The van der Waals surface area contributed by atoms with Crippen molar-refractivity contribution in [3.05, 3.63) is 23.8 Å². The van der Waals surface area contributed by atoms with Crippen LogP contribution in [0.5, 0.6) is 0 Å². The Morgan fingerprint density at radius 1 is 1.80 bits per heavy atom. The first-order chi connectivity index (χ1) is 7.17. The number of carbonyl (C=O) groups is 1. The number of carbonyl (C=O) groups excluding carboxylic acids is 1. The average Bonchev–Trinajstić information content (AvgIpc) is 2.72. The first-order valence-corrected chi connectivity index (χ1v) is 4.22. The second-order valence-electron chi connectivity index (χ2n) is 2.78. The molecule has 0 fully saturated rings. The molecule has 0 aliphatic carbocycles. The SMILES string of the molecule is COC(=O)C(C)=CCn1cnc(C#N)n1. The van der Waals surface area contributed by atoms with Crippen LogP contribution in [0.1, 0.15) is 12.7 Å². The molecule has 0 aromatic carbocycles. The fourth-order valence-electron chi connectivity index (χ4n) is 0.909. The fraction of sp³-hybridized carbons (Fsp3) is 0.333. The minimum absolute atomic E-state index is 0.110. The van der Waals surface area contributed by atoms with Gasteiger partial charge in [-0.25, -0.2) is 14.5 Å². The first kappa shape index (κ1) is 10.9. The second-order valence-corrected chi connectivity index (χ2v) is 2.78. The largest absolute Gasteiger partial charge is 0.466 e. The van der Waals surface area contributed by atoms with Crippen LogP contribution in [-0.4, -0.2) is 27.8 Å². The molecule has 0 aliphatic heterocycles. The summed E-state index contributed by atoms with van der Waals surface area (Å²) in [6.45, 7) is 2.03. The molecule has 0 N–H and O–H groups in total. The number of allylic oxidation sites excluding steroid dienone is 1. The number of esters is 1. The molecule has 0 saturated heterocycles. The summed E-state index contributed by atoms with van der Waals surface area (Å²) in [6.07, 6.45) is 3.08. The topological polar surface area (TPSA) is 80.8 Å². The molecule has 78 valence electrons. The van der Waals surface area contributed by atoms with Crippen LogP contribution in [0.25, 0.3) is 0 Å². The number of aromatic nitrogens is 3. The van der Waals surface area contributed by atoms with Crippen molar-refractivity contribution in [3.8, 4) is 6.07 Å². The summed E-state index contributed by atoms with van der Waals surface area (Å²) < 4.78 is 5.99. The number of nitrogens with zero attached hydrogens (tertiary/aromatic N) is 4. The molecule has 0 radical (unpaired) electrons. The fourth-order valence-corrected chi connectivity index (χ4v) is 0.909. The number of ether oxygens (including phenoxy) is 1. The second kappa shape index (κ2) is 4.91. The minimum atomic E-state index is -0.379.